The third-order valence-electron chi connectivity index (χ3n) is 1.74. The molecule has 0 aliphatic rings. The van der Waals surface area contributed by atoms with E-state index in [4.69, 9.17) is 10.9 Å². The van der Waals surface area contributed by atoms with Crippen molar-refractivity contribution in [2.45, 2.75) is 26.7 Å². The zero-order valence-electron chi connectivity index (χ0n) is 8.08. The first-order valence-electron chi connectivity index (χ1n) is 4.35. The molecule has 1 atom stereocenters. The molecule has 4 N–H and O–H groups in total. The maximum Gasteiger partial charge on any atom is 0.223 e. The summed E-state index contributed by atoms with van der Waals surface area (Å²) < 4.78 is 0. The Labute approximate surface area is 78.0 Å². The van der Waals surface area contributed by atoms with Crippen molar-refractivity contribution >= 4 is 11.7 Å². The van der Waals surface area contributed by atoms with Gasteiger partial charge in [-0.25, -0.2) is 0 Å². The van der Waals surface area contributed by atoms with E-state index >= 15 is 0 Å². The number of nitrogens with one attached hydrogen (secondary N) is 1. The second kappa shape index (κ2) is 6.28. The van der Waals surface area contributed by atoms with Crippen LogP contribution in [0, 0.1) is 5.92 Å². The molecule has 76 valence electrons. The number of hydrogen-bond acceptors (Lipinski definition) is 3. The lowest BCUT2D eigenvalue weighted by molar-refractivity contribution is -0.124. The molecule has 0 heterocycles. The summed E-state index contributed by atoms with van der Waals surface area (Å²) in [6.07, 6.45) is 1.82. The average molecular weight is 187 g/mol. The lowest BCUT2D eigenvalue weighted by Crippen LogP contribution is -2.36. The molecule has 0 aromatic rings. The van der Waals surface area contributed by atoms with Gasteiger partial charge in [-0.2, -0.15) is 0 Å². The number of carbonyl (C=O) groups is 1. The van der Waals surface area contributed by atoms with Crippen LogP contribution in [0.3, 0.4) is 0 Å². The van der Waals surface area contributed by atoms with Crippen molar-refractivity contribution in [2.75, 3.05) is 6.54 Å². The quantitative estimate of drug-likeness (QED) is 0.250. The first-order valence-corrected chi connectivity index (χ1v) is 4.35. The molecule has 0 saturated heterocycles. The summed E-state index contributed by atoms with van der Waals surface area (Å²) in [4.78, 5) is 11.3. The van der Waals surface area contributed by atoms with E-state index in [1.54, 1.807) is 0 Å². The number of nitrogens with two attached hydrogens (primary N) is 1. The minimum Gasteiger partial charge on any atom is -0.409 e. The Morgan fingerprint density at radius 3 is 2.77 bits per heavy atom. The number of rotatable bonds is 5. The lowest BCUT2D eigenvalue weighted by atomic mass is 10.1. The Hall–Kier alpha value is -1.26. The van der Waals surface area contributed by atoms with Gasteiger partial charge in [-0.05, 0) is 6.42 Å². The second-order valence-corrected chi connectivity index (χ2v) is 3.00. The largest absolute Gasteiger partial charge is 0.409 e. The molecule has 5 nitrogen and oxygen atoms in total. The summed E-state index contributed by atoms with van der Waals surface area (Å²) in [7, 11) is 0. The summed E-state index contributed by atoms with van der Waals surface area (Å²) >= 11 is 0. The van der Waals surface area contributed by atoms with Crippen LogP contribution in [0.25, 0.3) is 0 Å². The fraction of sp³-hybridized carbons (Fsp3) is 0.750. The molecular formula is C8H17N3O2. The molecule has 0 bridgehead atoms. The molecule has 0 saturated carbocycles. The Balaban J connectivity index is 3.74. The van der Waals surface area contributed by atoms with Gasteiger partial charge in [-0.1, -0.05) is 25.4 Å². The summed E-state index contributed by atoms with van der Waals surface area (Å²) in [5.41, 5.74) is 5.18. The highest BCUT2D eigenvalue weighted by Gasteiger charge is 2.10. The number of oxime groups is 1. The molecule has 0 fully saturated rings. The van der Waals surface area contributed by atoms with Crippen LogP contribution in [-0.2, 0) is 4.79 Å². The fourth-order valence-electron chi connectivity index (χ4n) is 0.951. The van der Waals surface area contributed by atoms with E-state index < -0.39 is 0 Å². The third kappa shape index (κ3) is 5.05. The van der Waals surface area contributed by atoms with Gasteiger partial charge in [0.2, 0.25) is 5.91 Å². The minimum absolute atomic E-state index is 0.0112. The van der Waals surface area contributed by atoms with Crippen molar-refractivity contribution in [1.82, 2.24) is 5.32 Å². The van der Waals surface area contributed by atoms with Crippen LogP contribution in [0.1, 0.15) is 26.7 Å². The topological polar surface area (TPSA) is 87.7 Å². The third-order valence-corrected chi connectivity index (χ3v) is 1.74. The fourth-order valence-corrected chi connectivity index (χ4v) is 0.951. The van der Waals surface area contributed by atoms with Crippen LogP contribution in [0.15, 0.2) is 5.16 Å². The molecule has 1 unspecified atom stereocenters. The number of amidine groups is 1. The maximum atomic E-state index is 11.3. The molecule has 5 heteroatoms. The Kier molecular flexibility index (Phi) is 5.67. The molecule has 13 heavy (non-hydrogen) atoms. The van der Waals surface area contributed by atoms with E-state index in [2.05, 4.69) is 10.5 Å². The van der Waals surface area contributed by atoms with Crippen LogP contribution < -0.4 is 11.1 Å². The SMILES string of the molecule is CCCC(C)C(=O)NC/C(N)=N/O. The molecule has 0 aliphatic heterocycles. The van der Waals surface area contributed by atoms with Crippen molar-refractivity contribution in [1.29, 1.82) is 0 Å². The Bertz CT molecular complexity index is 192. The Morgan fingerprint density at radius 2 is 2.31 bits per heavy atom. The van der Waals surface area contributed by atoms with E-state index in [0.29, 0.717) is 0 Å². The van der Waals surface area contributed by atoms with E-state index in [0.717, 1.165) is 12.8 Å². The highest BCUT2D eigenvalue weighted by Crippen LogP contribution is 2.03. The molecule has 0 aromatic heterocycles. The van der Waals surface area contributed by atoms with Gasteiger partial charge in [-0.3, -0.25) is 4.79 Å². The van der Waals surface area contributed by atoms with E-state index in [1.165, 1.54) is 0 Å². The smallest absolute Gasteiger partial charge is 0.223 e. The van der Waals surface area contributed by atoms with Crippen molar-refractivity contribution in [2.24, 2.45) is 16.8 Å². The van der Waals surface area contributed by atoms with Crippen LogP contribution in [0.4, 0.5) is 0 Å². The Morgan fingerprint density at radius 1 is 1.69 bits per heavy atom. The van der Waals surface area contributed by atoms with Gasteiger partial charge in [0.15, 0.2) is 5.84 Å². The van der Waals surface area contributed by atoms with E-state index in [9.17, 15) is 4.79 Å². The van der Waals surface area contributed by atoms with Gasteiger partial charge >= 0.3 is 0 Å². The van der Waals surface area contributed by atoms with E-state index in [1.807, 2.05) is 13.8 Å². The molecule has 1 amide bonds. The first-order chi connectivity index (χ1) is 6.11. The summed E-state index contributed by atoms with van der Waals surface area (Å²) in [6.45, 7) is 3.97. The van der Waals surface area contributed by atoms with Gasteiger partial charge in [0.25, 0.3) is 0 Å². The molecule has 0 rings (SSSR count). The number of amides is 1. The van der Waals surface area contributed by atoms with Gasteiger partial charge in [0.05, 0.1) is 6.54 Å². The molecule has 0 spiro atoms. The molecule has 0 aromatic carbocycles. The zero-order chi connectivity index (χ0) is 10.3. The van der Waals surface area contributed by atoms with Crippen molar-refractivity contribution in [3.8, 4) is 0 Å². The van der Waals surface area contributed by atoms with Crippen LogP contribution >= 0.6 is 0 Å². The summed E-state index contributed by atoms with van der Waals surface area (Å²) in [5.74, 6) is -0.0676. The van der Waals surface area contributed by atoms with Gasteiger partial charge < -0.3 is 16.3 Å². The van der Waals surface area contributed by atoms with Crippen LogP contribution in [-0.4, -0.2) is 23.5 Å². The highest BCUT2D eigenvalue weighted by molar-refractivity contribution is 5.87. The number of nitrogens with zero attached hydrogens (tertiary/aromatic N) is 1. The van der Waals surface area contributed by atoms with Gasteiger partial charge in [0, 0.05) is 5.92 Å². The monoisotopic (exact) mass is 187 g/mol. The summed E-state index contributed by atoms with van der Waals surface area (Å²) in [6, 6.07) is 0. The number of hydrogen-bond donors (Lipinski definition) is 3. The normalized spacial score (nSPS) is 13.8. The average Bonchev–Trinajstić information content (AvgIpc) is 2.13. The van der Waals surface area contributed by atoms with E-state index in [-0.39, 0.29) is 24.2 Å². The molecular weight excluding hydrogens is 170 g/mol. The van der Waals surface area contributed by atoms with Gasteiger partial charge in [0.1, 0.15) is 0 Å². The summed E-state index contributed by atoms with van der Waals surface area (Å²) in [5, 5.41) is 13.5. The van der Waals surface area contributed by atoms with Crippen molar-refractivity contribution in [3.63, 3.8) is 0 Å². The van der Waals surface area contributed by atoms with Gasteiger partial charge in [-0.15, -0.1) is 0 Å². The zero-order valence-corrected chi connectivity index (χ0v) is 8.08. The van der Waals surface area contributed by atoms with Crippen molar-refractivity contribution in [3.05, 3.63) is 0 Å². The van der Waals surface area contributed by atoms with Crippen LogP contribution in [0.2, 0.25) is 0 Å². The predicted octanol–water partition coefficient (Wildman–Crippen LogP) is 0.285. The maximum absolute atomic E-state index is 11.3. The minimum atomic E-state index is -0.0616. The van der Waals surface area contributed by atoms with Crippen LogP contribution in [0.5, 0.6) is 0 Å². The molecule has 0 aliphatic carbocycles. The highest BCUT2D eigenvalue weighted by atomic mass is 16.4. The molecule has 0 radical (unpaired) electrons. The lowest BCUT2D eigenvalue weighted by Gasteiger charge is -2.09. The second-order valence-electron chi connectivity index (χ2n) is 3.00. The standard InChI is InChI=1S/C8H17N3O2/c1-3-4-6(2)8(12)10-5-7(9)11-13/h6,13H,3-5H2,1-2H3,(H2,9,11)(H,10,12). The van der Waals surface area contributed by atoms with Crippen molar-refractivity contribution < 1.29 is 10.0 Å². The number of carbonyl (C=O) groups excluding carboxylic acids is 1. The first kappa shape index (κ1) is 11.7. The predicted molar refractivity (Wildman–Crippen MR) is 50.5 cm³/mol.